The van der Waals surface area contributed by atoms with E-state index in [1.165, 1.54) is 16.7 Å². The van der Waals surface area contributed by atoms with Crippen LogP contribution in [-0.2, 0) is 12.8 Å². The summed E-state index contributed by atoms with van der Waals surface area (Å²) in [6.07, 6.45) is 11.4. The van der Waals surface area contributed by atoms with E-state index in [0.29, 0.717) is 0 Å². The molecule has 1 aromatic carbocycles. The second-order valence-electron chi connectivity index (χ2n) is 5.01. The lowest BCUT2D eigenvalue weighted by molar-refractivity contribution is 0.934. The first-order valence-corrected chi connectivity index (χ1v) is 7.20. The molecule has 0 saturated heterocycles. The SMILES string of the molecule is C=CCc1ccc(CC(=C)N/C(C=C)=C/C=C\C)c(C)c1. The van der Waals surface area contributed by atoms with Crippen molar-refractivity contribution in [3.05, 3.63) is 96.4 Å². The Balaban J connectivity index is 2.74. The molecule has 21 heavy (non-hydrogen) atoms. The van der Waals surface area contributed by atoms with Crippen LogP contribution in [0.1, 0.15) is 23.6 Å². The largest absolute Gasteiger partial charge is 0.359 e. The lowest BCUT2D eigenvalue weighted by Gasteiger charge is -2.13. The molecule has 1 aromatic rings. The molecule has 0 radical (unpaired) electrons. The molecule has 0 heterocycles. The highest BCUT2D eigenvalue weighted by Crippen LogP contribution is 2.15. The quantitative estimate of drug-likeness (QED) is 0.520. The van der Waals surface area contributed by atoms with Gasteiger partial charge in [0.1, 0.15) is 0 Å². The van der Waals surface area contributed by atoms with Crippen molar-refractivity contribution in [2.24, 2.45) is 0 Å². The fourth-order valence-electron chi connectivity index (χ4n) is 2.09. The van der Waals surface area contributed by atoms with Gasteiger partial charge in [0.05, 0.1) is 0 Å². The second kappa shape index (κ2) is 8.80. The van der Waals surface area contributed by atoms with E-state index in [2.05, 4.69) is 50.2 Å². The van der Waals surface area contributed by atoms with Gasteiger partial charge in [0.15, 0.2) is 0 Å². The molecule has 1 N–H and O–H groups in total. The molecule has 0 fully saturated rings. The van der Waals surface area contributed by atoms with E-state index < -0.39 is 0 Å². The van der Waals surface area contributed by atoms with E-state index in [1.54, 1.807) is 6.08 Å². The summed E-state index contributed by atoms with van der Waals surface area (Å²) in [4.78, 5) is 0. The maximum Gasteiger partial charge on any atom is 0.0375 e. The van der Waals surface area contributed by atoms with E-state index in [0.717, 1.165) is 24.2 Å². The van der Waals surface area contributed by atoms with Crippen molar-refractivity contribution < 1.29 is 0 Å². The molecule has 0 aliphatic rings. The van der Waals surface area contributed by atoms with Crippen molar-refractivity contribution in [2.45, 2.75) is 26.7 Å². The van der Waals surface area contributed by atoms with Crippen LogP contribution in [0.4, 0.5) is 0 Å². The number of rotatable bonds is 8. The number of aryl methyl sites for hydroxylation is 1. The molecule has 0 atom stereocenters. The number of hydrogen-bond donors (Lipinski definition) is 1. The third kappa shape index (κ3) is 5.70. The molecule has 1 heteroatoms. The van der Waals surface area contributed by atoms with Crippen LogP contribution in [0.15, 0.2) is 79.7 Å². The third-order valence-corrected chi connectivity index (χ3v) is 3.20. The second-order valence-corrected chi connectivity index (χ2v) is 5.01. The predicted octanol–water partition coefficient (Wildman–Crippen LogP) is 5.02. The molecular formula is C20H25N. The highest BCUT2D eigenvalue weighted by atomic mass is 14.9. The number of nitrogens with one attached hydrogen (secondary N) is 1. The van der Waals surface area contributed by atoms with Crippen molar-refractivity contribution in [1.82, 2.24) is 5.32 Å². The van der Waals surface area contributed by atoms with Crippen molar-refractivity contribution in [3.8, 4) is 0 Å². The molecule has 110 valence electrons. The van der Waals surface area contributed by atoms with Crippen LogP contribution in [0.3, 0.4) is 0 Å². The maximum atomic E-state index is 4.11. The van der Waals surface area contributed by atoms with E-state index >= 15 is 0 Å². The molecule has 0 aromatic heterocycles. The summed E-state index contributed by atoms with van der Waals surface area (Å²) in [7, 11) is 0. The zero-order valence-electron chi connectivity index (χ0n) is 13.2. The Hall–Kier alpha value is -2.28. The molecule has 0 aliphatic heterocycles. The van der Waals surface area contributed by atoms with Gasteiger partial charge in [-0.1, -0.05) is 49.6 Å². The topological polar surface area (TPSA) is 12.0 Å². The number of hydrogen-bond acceptors (Lipinski definition) is 1. The van der Waals surface area contributed by atoms with Gasteiger partial charge in [0, 0.05) is 17.8 Å². The third-order valence-electron chi connectivity index (χ3n) is 3.20. The Morgan fingerprint density at radius 2 is 2.05 bits per heavy atom. The van der Waals surface area contributed by atoms with Gasteiger partial charge >= 0.3 is 0 Å². The standard InChI is InChI=1S/C20H25N/c1-6-9-11-20(8-3)21-17(5)15-19-13-12-18(10-7-2)14-16(19)4/h6-9,11-14,21H,2-3,5,10,15H2,1,4H3/b9-6-,20-11+. The molecule has 0 unspecified atom stereocenters. The first-order chi connectivity index (χ1) is 10.1. The summed E-state index contributed by atoms with van der Waals surface area (Å²) in [5.74, 6) is 0. The predicted molar refractivity (Wildman–Crippen MR) is 94.2 cm³/mol. The molecule has 0 spiro atoms. The minimum absolute atomic E-state index is 0.807. The first kappa shape index (κ1) is 16.8. The van der Waals surface area contributed by atoms with Crippen molar-refractivity contribution >= 4 is 0 Å². The van der Waals surface area contributed by atoms with Crippen LogP contribution in [0.5, 0.6) is 0 Å². The van der Waals surface area contributed by atoms with E-state index in [1.807, 2.05) is 31.2 Å². The van der Waals surface area contributed by atoms with Gasteiger partial charge in [0.2, 0.25) is 0 Å². The fourth-order valence-corrected chi connectivity index (χ4v) is 2.09. The zero-order chi connectivity index (χ0) is 15.7. The van der Waals surface area contributed by atoms with Gasteiger partial charge in [-0.2, -0.15) is 0 Å². The lowest BCUT2D eigenvalue weighted by Crippen LogP contribution is -2.12. The van der Waals surface area contributed by atoms with E-state index in [9.17, 15) is 0 Å². The summed E-state index contributed by atoms with van der Waals surface area (Å²) in [6, 6.07) is 6.54. The fraction of sp³-hybridized carbons (Fsp3) is 0.200. The lowest BCUT2D eigenvalue weighted by atomic mass is 10.00. The molecule has 1 nitrogen and oxygen atoms in total. The summed E-state index contributed by atoms with van der Waals surface area (Å²) in [5.41, 5.74) is 5.79. The Bertz CT molecular complexity index is 574. The molecule has 0 aliphatic carbocycles. The average Bonchev–Trinajstić information content (AvgIpc) is 2.46. The van der Waals surface area contributed by atoms with Crippen molar-refractivity contribution in [1.29, 1.82) is 0 Å². The van der Waals surface area contributed by atoms with E-state index in [-0.39, 0.29) is 0 Å². The number of benzene rings is 1. The van der Waals surface area contributed by atoms with Crippen LogP contribution in [-0.4, -0.2) is 0 Å². The highest BCUT2D eigenvalue weighted by Gasteiger charge is 2.03. The summed E-state index contributed by atoms with van der Waals surface area (Å²) < 4.78 is 0. The smallest absolute Gasteiger partial charge is 0.0375 e. The summed E-state index contributed by atoms with van der Waals surface area (Å²) >= 11 is 0. The molecular weight excluding hydrogens is 254 g/mol. The minimum atomic E-state index is 0.807. The Kier molecular flexibility index (Phi) is 7.03. The van der Waals surface area contributed by atoms with Crippen LogP contribution in [0, 0.1) is 6.92 Å². The van der Waals surface area contributed by atoms with Crippen LogP contribution in [0.2, 0.25) is 0 Å². The van der Waals surface area contributed by atoms with Crippen LogP contribution in [0.25, 0.3) is 0 Å². The van der Waals surface area contributed by atoms with Gasteiger partial charge < -0.3 is 5.32 Å². The Morgan fingerprint density at radius 3 is 2.62 bits per heavy atom. The van der Waals surface area contributed by atoms with Gasteiger partial charge in [-0.3, -0.25) is 0 Å². The van der Waals surface area contributed by atoms with Crippen molar-refractivity contribution in [2.75, 3.05) is 0 Å². The van der Waals surface area contributed by atoms with Gasteiger partial charge in [-0.25, -0.2) is 0 Å². The minimum Gasteiger partial charge on any atom is -0.359 e. The number of allylic oxidation sites excluding steroid dienone is 6. The van der Waals surface area contributed by atoms with Crippen LogP contribution >= 0.6 is 0 Å². The summed E-state index contributed by atoms with van der Waals surface area (Å²) in [5, 5.41) is 3.30. The van der Waals surface area contributed by atoms with E-state index in [4.69, 9.17) is 0 Å². The molecule has 0 saturated carbocycles. The Morgan fingerprint density at radius 1 is 1.29 bits per heavy atom. The summed E-state index contributed by atoms with van der Waals surface area (Å²) in [6.45, 7) is 15.8. The van der Waals surface area contributed by atoms with Gasteiger partial charge in [-0.05, 0) is 49.1 Å². The van der Waals surface area contributed by atoms with Gasteiger partial charge in [0.25, 0.3) is 0 Å². The monoisotopic (exact) mass is 279 g/mol. The maximum absolute atomic E-state index is 4.11. The first-order valence-electron chi connectivity index (χ1n) is 7.20. The molecule has 0 amide bonds. The zero-order valence-corrected chi connectivity index (χ0v) is 13.2. The van der Waals surface area contributed by atoms with Crippen molar-refractivity contribution in [3.63, 3.8) is 0 Å². The average molecular weight is 279 g/mol. The highest BCUT2D eigenvalue weighted by molar-refractivity contribution is 5.35. The Labute approximate surface area is 129 Å². The molecule has 1 rings (SSSR count). The van der Waals surface area contributed by atoms with Crippen LogP contribution < -0.4 is 5.32 Å². The normalized spacial score (nSPS) is 11.4. The van der Waals surface area contributed by atoms with Gasteiger partial charge in [-0.15, -0.1) is 6.58 Å². The molecule has 0 bridgehead atoms.